The Morgan fingerprint density at radius 3 is 2.55 bits per heavy atom. The van der Waals surface area contributed by atoms with Crippen molar-refractivity contribution in [1.29, 1.82) is 0 Å². The van der Waals surface area contributed by atoms with E-state index in [0.717, 1.165) is 111 Å². The van der Waals surface area contributed by atoms with Crippen molar-refractivity contribution in [3.05, 3.63) is 77.9 Å². The molecule has 4 aromatic heterocycles. The number of hydrogen-bond acceptors (Lipinski definition) is 10. The molecule has 3 aliphatic rings. The maximum absolute atomic E-state index is 13.7. The number of nitrogens with one attached hydrogen (secondary N) is 2. The highest BCUT2D eigenvalue weighted by molar-refractivity contribution is 5.89. The summed E-state index contributed by atoms with van der Waals surface area (Å²) in [6, 6.07) is 14.1. The van der Waals surface area contributed by atoms with Gasteiger partial charge in [0.2, 0.25) is 5.95 Å². The number of fused-ring (bicyclic) bond motifs is 2. The van der Waals surface area contributed by atoms with Gasteiger partial charge in [-0.2, -0.15) is 10.2 Å². The topological polar surface area (TPSA) is 169 Å². The molecule has 2 saturated heterocycles. The Kier molecular flexibility index (Phi) is 11.9. The minimum atomic E-state index is -0.289. The lowest BCUT2D eigenvalue weighted by Crippen LogP contribution is -2.38. The summed E-state index contributed by atoms with van der Waals surface area (Å²) in [5, 5.41) is 31.8. The number of hydrogen-bond donors (Lipinski definition) is 3. The molecule has 56 heavy (non-hydrogen) atoms. The molecule has 2 aliphatic heterocycles. The number of aromatic nitrogens is 7. The fraction of sp³-hybridized carbons (Fsp3) is 0.500. The van der Waals surface area contributed by atoms with Gasteiger partial charge in [0, 0.05) is 43.7 Å². The van der Waals surface area contributed by atoms with E-state index < -0.39 is 0 Å². The third kappa shape index (κ3) is 8.81. The summed E-state index contributed by atoms with van der Waals surface area (Å²) >= 11 is 0. The number of anilines is 2. The molecule has 3 atom stereocenters. The Hall–Kier alpha value is -5.48. The first-order valence-electron chi connectivity index (χ1n) is 19.6. The molecule has 0 unspecified atom stereocenters. The number of carbonyl (C=O) groups is 2. The molecule has 0 radical (unpaired) electrons. The maximum Gasteiger partial charge on any atom is 0.320 e. The summed E-state index contributed by atoms with van der Waals surface area (Å²) in [5.74, 6) is 2.22. The van der Waals surface area contributed by atoms with E-state index in [2.05, 4.69) is 75.6 Å². The highest BCUT2D eigenvalue weighted by Crippen LogP contribution is 2.39. The van der Waals surface area contributed by atoms with Gasteiger partial charge < -0.3 is 24.8 Å². The minimum Gasteiger partial charge on any atom is -0.484 e. The first-order chi connectivity index (χ1) is 27.1. The lowest BCUT2D eigenvalue weighted by molar-refractivity contribution is -0.122. The number of piperidine rings is 1. The van der Waals surface area contributed by atoms with E-state index in [1.165, 1.54) is 6.42 Å². The second-order valence-electron chi connectivity index (χ2n) is 15.7. The van der Waals surface area contributed by atoms with Gasteiger partial charge in [-0.15, -0.1) is 10.2 Å². The van der Waals surface area contributed by atoms with E-state index in [0.29, 0.717) is 11.9 Å². The molecule has 0 saturated carbocycles. The summed E-state index contributed by atoms with van der Waals surface area (Å²) in [7, 11) is 0. The van der Waals surface area contributed by atoms with Crippen molar-refractivity contribution in [3.63, 3.8) is 0 Å². The second kappa shape index (κ2) is 17.1. The van der Waals surface area contributed by atoms with E-state index in [-0.39, 0.29) is 30.1 Å². The number of pyridine rings is 1. The summed E-state index contributed by atoms with van der Waals surface area (Å²) in [6.45, 7) is 14.4. The van der Waals surface area contributed by atoms with Crippen LogP contribution in [0, 0.1) is 0 Å². The molecule has 2 fully saturated rings. The number of carboxylic acid groups (broad SMARTS) is 1. The molecule has 1 aromatic carbocycles. The van der Waals surface area contributed by atoms with Crippen molar-refractivity contribution in [2.75, 3.05) is 49.6 Å². The summed E-state index contributed by atoms with van der Waals surface area (Å²) in [4.78, 5) is 26.8. The summed E-state index contributed by atoms with van der Waals surface area (Å²) in [6.07, 6.45) is 10.7. The summed E-state index contributed by atoms with van der Waals surface area (Å²) < 4.78 is 17.9. The van der Waals surface area contributed by atoms with Crippen LogP contribution in [0.5, 0.6) is 5.75 Å². The molecule has 0 spiro atoms. The maximum atomic E-state index is 13.7. The highest BCUT2D eigenvalue weighted by atomic mass is 16.5. The number of ether oxygens (including phenoxy) is 2. The molecule has 298 valence electrons. The molecule has 16 nitrogen and oxygen atoms in total. The quantitative estimate of drug-likeness (QED) is 0.160. The van der Waals surface area contributed by atoms with Crippen LogP contribution < -0.4 is 20.3 Å². The SMILES string of the molecule is C[C@H]1CCCCN1c1nnc2ccc(O[C@@H]3CC[C@H](NC(=O)Nc4cc(C(C)(C)C)nn4-c4cnn(CCN5CCOCC5)c4)c4ccccc43)cn12.O=CO. The predicted molar refractivity (Wildman–Crippen MR) is 212 cm³/mol. The third-order valence-electron chi connectivity index (χ3n) is 10.8. The van der Waals surface area contributed by atoms with Gasteiger partial charge in [0.05, 0.1) is 50.1 Å². The van der Waals surface area contributed by atoms with Crippen molar-refractivity contribution in [2.45, 2.75) is 89.9 Å². The average molecular weight is 768 g/mol. The fourth-order valence-corrected chi connectivity index (χ4v) is 7.70. The zero-order valence-corrected chi connectivity index (χ0v) is 32.7. The van der Waals surface area contributed by atoms with Gasteiger partial charge >= 0.3 is 6.03 Å². The number of nitrogens with zero attached hydrogens (tertiary/aromatic N) is 9. The van der Waals surface area contributed by atoms with Crippen LogP contribution in [0.15, 0.2) is 61.1 Å². The normalized spacial score (nSPS) is 20.1. The van der Waals surface area contributed by atoms with Gasteiger partial charge in [0.1, 0.15) is 23.4 Å². The van der Waals surface area contributed by atoms with Gasteiger partial charge in [0.15, 0.2) is 5.65 Å². The van der Waals surface area contributed by atoms with Crippen LogP contribution >= 0.6 is 0 Å². The van der Waals surface area contributed by atoms with Gasteiger partial charge in [-0.1, -0.05) is 45.0 Å². The number of morpholine rings is 1. The number of urea groups is 1. The molecule has 2 amide bonds. The Bertz CT molecular complexity index is 2100. The lowest BCUT2D eigenvalue weighted by Gasteiger charge is -2.33. The summed E-state index contributed by atoms with van der Waals surface area (Å²) in [5.41, 5.74) is 4.38. The van der Waals surface area contributed by atoms with Gasteiger partial charge in [-0.25, -0.2) is 9.48 Å². The van der Waals surface area contributed by atoms with E-state index in [1.54, 1.807) is 10.9 Å². The van der Waals surface area contributed by atoms with Crippen LogP contribution in [0.4, 0.5) is 16.6 Å². The molecule has 16 heteroatoms. The Morgan fingerprint density at radius 2 is 1.79 bits per heavy atom. The van der Waals surface area contributed by atoms with Gasteiger partial charge in [-0.05, 0) is 62.3 Å². The molecule has 8 rings (SSSR count). The minimum absolute atomic E-state index is 0.158. The first kappa shape index (κ1) is 38.8. The smallest absolute Gasteiger partial charge is 0.320 e. The van der Waals surface area contributed by atoms with Gasteiger partial charge in [-0.3, -0.25) is 24.1 Å². The number of rotatable bonds is 9. The van der Waals surface area contributed by atoms with E-state index in [1.807, 2.05) is 51.8 Å². The van der Waals surface area contributed by atoms with Crippen molar-refractivity contribution < 1.29 is 24.2 Å². The Balaban J connectivity index is 0.00000155. The van der Waals surface area contributed by atoms with Crippen molar-refractivity contribution in [2.24, 2.45) is 0 Å². The number of benzene rings is 1. The van der Waals surface area contributed by atoms with E-state index in [4.69, 9.17) is 24.5 Å². The third-order valence-corrected chi connectivity index (χ3v) is 10.8. The van der Waals surface area contributed by atoms with Crippen LogP contribution in [0.1, 0.15) is 88.8 Å². The standard InChI is InChI=1S/C39H51N11O3.CH2O2/c1-27-9-7-8-16-48(27)38-44-43-35-15-12-29(26-49(35)38)53-33-14-13-32(30-10-5-6-11-31(30)33)41-37(51)42-36-23-34(39(2,3)4)45-50(36)28-24-40-47(25-28)18-17-46-19-21-52-22-20-46;2-1-3/h5-6,10-12,15,23-27,32-33H,7-9,13-14,16-22H2,1-4H3,(H2,41,42,51);1H,(H,2,3)/t27-,32-,33+;/m0./s1. The first-order valence-corrected chi connectivity index (χ1v) is 19.6. The van der Waals surface area contributed by atoms with Crippen LogP contribution in [0.25, 0.3) is 11.3 Å². The molecular weight excluding hydrogens is 715 g/mol. The second-order valence-corrected chi connectivity index (χ2v) is 15.7. The molecule has 0 bridgehead atoms. The monoisotopic (exact) mass is 767 g/mol. The molecule has 5 aromatic rings. The molecule has 6 heterocycles. The largest absolute Gasteiger partial charge is 0.484 e. The van der Waals surface area contributed by atoms with Crippen LogP contribution in [0.3, 0.4) is 0 Å². The van der Waals surface area contributed by atoms with Crippen molar-refractivity contribution >= 4 is 29.9 Å². The Morgan fingerprint density at radius 1 is 1.00 bits per heavy atom. The van der Waals surface area contributed by atoms with Crippen LogP contribution in [-0.4, -0.2) is 102 Å². The zero-order chi connectivity index (χ0) is 39.2. The van der Waals surface area contributed by atoms with E-state index >= 15 is 0 Å². The van der Waals surface area contributed by atoms with Crippen molar-refractivity contribution in [3.8, 4) is 11.4 Å². The predicted octanol–water partition coefficient (Wildman–Crippen LogP) is 5.60. The lowest BCUT2D eigenvalue weighted by atomic mass is 9.85. The molecular formula is C40H53N11O5. The van der Waals surface area contributed by atoms with Gasteiger partial charge in [0.25, 0.3) is 6.47 Å². The van der Waals surface area contributed by atoms with Crippen molar-refractivity contribution in [1.82, 2.24) is 44.4 Å². The van der Waals surface area contributed by atoms with Crippen LogP contribution in [-0.2, 0) is 21.5 Å². The fourth-order valence-electron chi connectivity index (χ4n) is 7.70. The number of amides is 2. The number of carbonyl (C=O) groups excluding carboxylic acids is 1. The highest BCUT2D eigenvalue weighted by Gasteiger charge is 2.31. The van der Waals surface area contributed by atoms with Crippen LogP contribution in [0.2, 0.25) is 0 Å². The zero-order valence-electron chi connectivity index (χ0n) is 32.7. The molecule has 3 N–H and O–H groups in total. The average Bonchev–Trinajstić information content (AvgIpc) is 3.95. The Labute approximate surface area is 326 Å². The molecule has 1 aliphatic carbocycles. The van der Waals surface area contributed by atoms with E-state index in [9.17, 15) is 4.79 Å².